The number of aromatic hydroxyl groups is 1. The van der Waals surface area contributed by atoms with Crippen LogP contribution >= 0.6 is 11.6 Å². The van der Waals surface area contributed by atoms with Crippen LogP contribution in [0.3, 0.4) is 0 Å². The van der Waals surface area contributed by atoms with Crippen molar-refractivity contribution in [2.24, 2.45) is 5.92 Å². The quantitative estimate of drug-likeness (QED) is 0.239. The van der Waals surface area contributed by atoms with Crippen LogP contribution in [0.1, 0.15) is 41.2 Å². The highest BCUT2D eigenvalue weighted by atomic mass is 35.5. The van der Waals surface area contributed by atoms with Gasteiger partial charge in [0.05, 0.1) is 35.9 Å². The second kappa shape index (κ2) is 13.2. The van der Waals surface area contributed by atoms with Crippen molar-refractivity contribution >= 4 is 28.9 Å². The average molecular weight is 617 g/mol. The molecule has 4 aromatic rings. The molecule has 1 amide bonds. The third-order valence-electron chi connectivity index (χ3n) is 8.49. The molecule has 2 aliphatic rings. The van der Waals surface area contributed by atoms with E-state index in [0.29, 0.717) is 43.5 Å². The molecule has 0 bridgehead atoms. The Morgan fingerprint density at radius 1 is 1.11 bits per heavy atom. The number of hydrogen-bond donors (Lipinski definition) is 2. The van der Waals surface area contributed by atoms with E-state index in [1.54, 1.807) is 24.4 Å². The Balaban J connectivity index is 1.27. The van der Waals surface area contributed by atoms with E-state index < -0.39 is 5.82 Å². The van der Waals surface area contributed by atoms with E-state index in [9.17, 15) is 14.3 Å². The lowest BCUT2D eigenvalue weighted by molar-refractivity contribution is 0.0947. The molecule has 0 aliphatic carbocycles. The Kier molecular flexibility index (Phi) is 8.90. The normalized spacial score (nSPS) is 16.2. The molecule has 1 aromatic carbocycles. The highest BCUT2D eigenvalue weighted by Gasteiger charge is 2.29. The molecule has 1 fully saturated rings. The summed E-state index contributed by atoms with van der Waals surface area (Å²) in [5.41, 5.74) is 3.64. The number of piperidine rings is 1. The van der Waals surface area contributed by atoms with E-state index in [1.807, 2.05) is 18.3 Å². The second-order valence-corrected chi connectivity index (χ2v) is 11.7. The highest BCUT2D eigenvalue weighted by Crippen LogP contribution is 2.41. The van der Waals surface area contributed by atoms with Crippen molar-refractivity contribution in [2.45, 2.75) is 25.2 Å². The molecule has 0 radical (unpaired) electrons. The van der Waals surface area contributed by atoms with Gasteiger partial charge in [-0.3, -0.25) is 14.8 Å². The van der Waals surface area contributed by atoms with Crippen LogP contribution in [0.5, 0.6) is 11.5 Å². The van der Waals surface area contributed by atoms with E-state index >= 15 is 0 Å². The molecule has 1 saturated heterocycles. The third-order valence-corrected chi connectivity index (χ3v) is 8.69. The molecular formula is C33H34ClFN6O3. The Morgan fingerprint density at radius 2 is 1.93 bits per heavy atom. The topological polar surface area (TPSA) is 104 Å². The first kappa shape index (κ1) is 29.8. The number of para-hydroxylation sites is 1. The van der Waals surface area contributed by atoms with Crippen LogP contribution in [0.2, 0.25) is 5.15 Å². The van der Waals surface area contributed by atoms with Gasteiger partial charge in [-0.25, -0.2) is 9.37 Å². The lowest BCUT2D eigenvalue weighted by atomic mass is 9.80. The monoisotopic (exact) mass is 616 g/mol. The second-order valence-electron chi connectivity index (χ2n) is 11.3. The number of rotatable bonds is 8. The van der Waals surface area contributed by atoms with Gasteiger partial charge in [0.15, 0.2) is 11.6 Å². The molecule has 1 atom stereocenters. The Hall–Kier alpha value is -4.28. The molecule has 11 heteroatoms. The number of benzene rings is 1. The van der Waals surface area contributed by atoms with Gasteiger partial charge in [0, 0.05) is 35.6 Å². The van der Waals surface area contributed by atoms with E-state index in [1.165, 1.54) is 12.1 Å². The van der Waals surface area contributed by atoms with Crippen LogP contribution in [0, 0.1) is 11.7 Å². The van der Waals surface area contributed by atoms with E-state index in [0.717, 1.165) is 49.2 Å². The smallest absolute Gasteiger partial charge is 0.255 e. The Bertz CT molecular complexity index is 1650. The SMILES string of the molecule is CN1CCC(C(CCNC(=O)c2ccccc2O)c2cc(N3CCOc4cnc(-c5cc(Cl)ncc5F)cc43)ccn2)CC1. The van der Waals surface area contributed by atoms with Crippen molar-refractivity contribution in [1.82, 2.24) is 25.2 Å². The molecule has 9 nitrogen and oxygen atoms in total. The van der Waals surface area contributed by atoms with E-state index in [-0.39, 0.29) is 33.9 Å². The van der Waals surface area contributed by atoms with Crippen LogP contribution < -0.4 is 15.0 Å². The zero-order chi connectivity index (χ0) is 30.6. The fourth-order valence-corrected chi connectivity index (χ4v) is 6.27. The number of carbonyl (C=O) groups is 1. The molecule has 1 unspecified atom stereocenters. The first-order chi connectivity index (χ1) is 21.4. The maximum Gasteiger partial charge on any atom is 0.255 e. The molecule has 228 valence electrons. The van der Waals surface area contributed by atoms with Crippen molar-refractivity contribution < 1.29 is 19.0 Å². The number of anilines is 2. The molecular weight excluding hydrogens is 583 g/mol. The van der Waals surface area contributed by atoms with Crippen LogP contribution in [0.25, 0.3) is 11.3 Å². The van der Waals surface area contributed by atoms with Gasteiger partial charge in [0.1, 0.15) is 17.5 Å². The standard InChI is InChI=1S/C33H34ClFN6O3/c1-40-12-8-21(9-13-40)23(7-11-37-33(43)24-4-2-3-5-30(24)42)27-16-22(6-10-36-27)41-14-15-44-31-20-38-28(18-29(31)41)25-17-32(34)39-19-26(25)35/h2-6,10,16-21,23,42H,7-9,11-15H2,1H3,(H,37,43). The van der Waals surface area contributed by atoms with Crippen LogP contribution in [-0.2, 0) is 0 Å². The number of amides is 1. The largest absolute Gasteiger partial charge is 0.507 e. The first-order valence-corrected chi connectivity index (χ1v) is 15.2. The van der Waals surface area contributed by atoms with Crippen LogP contribution in [-0.4, -0.2) is 70.7 Å². The number of likely N-dealkylation sites (tertiary alicyclic amines) is 1. The predicted molar refractivity (Wildman–Crippen MR) is 167 cm³/mol. The number of phenolic OH excluding ortho intramolecular Hbond substituents is 1. The maximum atomic E-state index is 14.7. The summed E-state index contributed by atoms with van der Waals surface area (Å²) in [4.78, 5) is 30.4. The summed E-state index contributed by atoms with van der Waals surface area (Å²) >= 11 is 6.06. The van der Waals surface area contributed by atoms with Crippen molar-refractivity contribution in [2.75, 3.05) is 44.7 Å². The molecule has 3 aromatic heterocycles. The zero-order valence-electron chi connectivity index (χ0n) is 24.4. The first-order valence-electron chi connectivity index (χ1n) is 14.8. The van der Waals surface area contributed by atoms with Crippen molar-refractivity contribution in [3.8, 4) is 22.8 Å². The molecule has 0 spiro atoms. The predicted octanol–water partition coefficient (Wildman–Crippen LogP) is 5.81. The summed E-state index contributed by atoms with van der Waals surface area (Å²) in [5, 5.41) is 13.3. The number of halogens is 2. The lowest BCUT2D eigenvalue weighted by Gasteiger charge is -2.35. The molecule has 2 aliphatic heterocycles. The van der Waals surface area contributed by atoms with Crippen molar-refractivity contribution in [3.05, 3.63) is 89.3 Å². The molecule has 0 saturated carbocycles. The maximum absolute atomic E-state index is 14.7. The van der Waals surface area contributed by atoms with Gasteiger partial charge in [0.2, 0.25) is 0 Å². The summed E-state index contributed by atoms with van der Waals surface area (Å²) in [6, 6.07) is 13.9. The number of nitrogens with zero attached hydrogens (tertiary/aromatic N) is 5. The van der Waals surface area contributed by atoms with Gasteiger partial charge in [-0.05, 0) is 81.7 Å². The minimum absolute atomic E-state index is 0.0369. The summed E-state index contributed by atoms with van der Waals surface area (Å²) in [7, 11) is 2.14. The molecule has 5 heterocycles. The summed E-state index contributed by atoms with van der Waals surface area (Å²) in [5.74, 6) is 0.293. The zero-order valence-corrected chi connectivity index (χ0v) is 25.2. The summed E-state index contributed by atoms with van der Waals surface area (Å²) in [6.07, 6.45) is 7.32. The minimum atomic E-state index is -0.508. The highest BCUT2D eigenvalue weighted by molar-refractivity contribution is 6.29. The number of nitrogens with one attached hydrogen (secondary N) is 1. The summed E-state index contributed by atoms with van der Waals surface area (Å²) in [6.45, 7) is 3.53. The number of fused-ring (bicyclic) bond motifs is 1. The van der Waals surface area contributed by atoms with E-state index in [2.05, 4.69) is 38.2 Å². The third kappa shape index (κ3) is 6.46. The number of ether oxygens (including phenoxy) is 1. The number of aromatic nitrogens is 3. The lowest BCUT2D eigenvalue weighted by Crippen LogP contribution is -2.34. The van der Waals surface area contributed by atoms with Gasteiger partial charge in [-0.15, -0.1) is 0 Å². The van der Waals surface area contributed by atoms with Gasteiger partial charge in [0.25, 0.3) is 5.91 Å². The minimum Gasteiger partial charge on any atom is -0.507 e. The summed E-state index contributed by atoms with van der Waals surface area (Å²) < 4.78 is 20.6. The Morgan fingerprint density at radius 3 is 2.75 bits per heavy atom. The van der Waals surface area contributed by atoms with Gasteiger partial charge >= 0.3 is 0 Å². The number of carbonyl (C=O) groups excluding carboxylic acids is 1. The van der Waals surface area contributed by atoms with Crippen LogP contribution in [0.15, 0.2) is 67.1 Å². The van der Waals surface area contributed by atoms with Crippen molar-refractivity contribution in [3.63, 3.8) is 0 Å². The molecule has 2 N–H and O–H groups in total. The number of hydrogen-bond acceptors (Lipinski definition) is 8. The Labute approximate surface area is 260 Å². The molecule has 44 heavy (non-hydrogen) atoms. The van der Waals surface area contributed by atoms with E-state index in [4.69, 9.17) is 21.3 Å². The van der Waals surface area contributed by atoms with Gasteiger partial charge in [-0.2, -0.15) is 0 Å². The molecule has 6 rings (SSSR count). The fourth-order valence-electron chi connectivity index (χ4n) is 6.11. The van der Waals surface area contributed by atoms with Gasteiger partial charge in [-0.1, -0.05) is 23.7 Å². The average Bonchev–Trinajstić information content (AvgIpc) is 3.04. The number of phenols is 1. The van der Waals surface area contributed by atoms with Crippen molar-refractivity contribution in [1.29, 1.82) is 0 Å². The van der Waals surface area contributed by atoms with Crippen LogP contribution in [0.4, 0.5) is 15.8 Å². The van der Waals surface area contributed by atoms with Gasteiger partial charge < -0.3 is 25.0 Å². The fraction of sp³-hybridized carbons (Fsp3) is 0.333. The number of pyridine rings is 3.